The van der Waals surface area contributed by atoms with Gasteiger partial charge in [-0.3, -0.25) is 4.79 Å². The van der Waals surface area contributed by atoms with Crippen molar-refractivity contribution in [2.45, 2.75) is 12.6 Å². The van der Waals surface area contributed by atoms with Crippen LogP contribution in [0.2, 0.25) is 0 Å². The monoisotopic (exact) mass is 244 g/mol. The van der Waals surface area contributed by atoms with Crippen LogP contribution in [0.3, 0.4) is 0 Å². The van der Waals surface area contributed by atoms with Gasteiger partial charge in [0, 0.05) is 17.8 Å². The van der Waals surface area contributed by atoms with Crippen LogP contribution in [0.4, 0.5) is 18.9 Å². The van der Waals surface area contributed by atoms with E-state index >= 15 is 0 Å². The van der Waals surface area contributed by atoms with E-state index in [0.717, 1.165) is 24.2 Å². The zero-order chi connectivity index (χ0) is 12.5. The first-order valence-electron chi connectivity index (χ1n) is 5.17. The number of hydrogen-bond donors (Lipinski definition) is 2. The zero-order valence-electron chi connectivity index (χ0n) is 8.90. The molecule has 0 bridgehead atoms. The smallest absolute Gasteiger partial charge is 0.384 e. The third-order valence-electron chi connectivity index (χ3n) is 2.53. The number of rotatable bonds is 2. The molecule has 1 heterocycles. The normalized spacial score (nSPS) is 14.1. The van der Waals surface area contributed by atoms with E-state index in [0.29, 0.717) is 0 Å². The van der Waals surface area contributed by atoms with Gasteiger partial charge < -0.3 is 10.6 Å². The van der Waals surface area contributed by atoms with E-state index in [2.05, 4.69) is 5.32 Å². The molecule has 0 unspecified atom stereocenters. The van der Waals surface area contributed by atoms with Gasteiger partial charge in [0.1, 0.15) is 6.54 Å². The van der Waals surface area contributed by atoms with Crippen molar-refractivity contribution in [3.05, 3.63) is 29.3 Å². The lowest BCUT2D eigenvalue weighted by molar-refractivity contribution is -0.123. The SMILES string of the molecule is O=C(NCC(F)(F)F)c1ccc2c(c1)CCN2. The Kier molecular flexibility index (Phi) is 2.95. The highest BCUT2D eigenvalue weighted by atomic mass is 19.4. The van der Waals surface area contributed by atoms with Crippen LogP contribution in [0, 0.1) is 0 Å². The van der Waals surface area contributed by atoms with E-state index in [1.54, 1.807) is 12.1 Å². The fraction of sp³-hybridized carbons (Fsp3) is 0.364. The van der Waals surface area contributed by atoms with Crippen LogP contribution in [0.1, 0.15) is 15.9 Å². The van der Waals surface area contributed by atoms with Gasteiger partial charge in [0.15, 0.2) is 0 Å². The average Bonchev–Trinajstić information content (AvgIpc) is 2.71. The number of carbonyl (C=O) groups excluding carboxylic acids is 1. The first kappa shape index (κ1) is 11.8. The molecule has 2 N–H and O–H groups in total. The molecular formula is C11H11F3N2O. The third-order valence-corrected chi connectivity index (χ3v) is 2.53. The van der Waals surface area contributed by atoms with Crippen LogP contribution in [0.15, 0.2) is 18.2 Å². The Morgan fingerprint density at radius 2 is 2.18 bits per heavy atom. The maximum absolute atomic E-state index is 11.9. The van der Waals surface area contributed by atoms with E-state index < -0.39 is 18.6 Å². The van der Waals surface area contributed by atoms with Gasteiger partial charge >= 0.3 is 6.18 Å². The van der Waals surface area contributed by atoms with Crippen LogP contribution in [0.5, 0.6) is 0 Å². The molecule has 1 aromatic rings. The number of amides is 1. The van der Waals surface area contributed by atoms with Gasteiger partial charge in [0.2, 0.25) is 0 Å². The highest BCUT2D eigenvalue weighted by Gasteiger charge is 2.28. The Morgan fingerprint density at radius 3 is 2.88 bits per heavy atom. The lowest BCUT2D eigenvalue weighted by Gasteiger charge is -2.09. The Hall–Kier alpha value is -1.72. The lowest BCUT2D eigenvalue weighted by atomic mass is 10.1. The second-order valence-corrected chi connectivity index (χ2v) is 3.85. The second kappa shape index (κ2) is 4.27. The molecule has 0 spiro atoms. The molecule has 3 nitrogen and oxygen atoms in total. The summed E-state index contributed by atoms with van der Waals surface area (Å²) in [6.45, 7) is -0.510. The largest absolute Gasteiger partial charge is 0.405 e. The van der Waals surface area contributed by atoms with E-state index in [4.69, 9.17) is 0 Å². The molecule has 17 heavy (non-hydrogen) atoms. The predicted molar refractivity (Wildman–Crippen MR) is 57.0 cm³/mol. The number of benzene rings is 1. The molecule has 2 rings (SSSR count). The van der Waals surface area contributed by atoms with E-state index in [1.807, 2.05) is 5.32 Å². The Balaban J connectivity index is 2.05. The number of anilines is 1. The molecule has 0 saturated heterocycles. The van der Waals surface area contributed by atoms with Crippen LogP contribution >= 0.6 is 0 Å². The van der Waals surface area contributed by atoms with Crippen molar-refractivity contribution in [2.24, 2.45) is 0 Å². The van der Waals surface area contributed by atoms with Crippen molar-refractivity contribution in [3.63, 3.8) is 0 Å². The molecule has 1 aliphatic heterocycles. The fourth-order valence-electron chi connectivity index (χ4n) is 1.73. The van der Waals surface area contributed by atoms with E-state index in [9.17, 15) is 18.0 Å². The van der Waals surface area contributed by atoms with Gasteiger partial charge in [0.25, 0.3) is 5.91 Å². The molecule has 0 aliphatic carbocycles. The van der Waals surface area contributed by atoms with E-state index in [1.165, 1.54) is 6.07 Å². The van der Waals surface area contributed by atoms with Crippen molar-refractivity contribution in [3.8, 4) is 0 Å². The summed E-state index contributed by atoms with van der Waals surface area (Å²) in [4.78, 5) is 11.5. The highest BCUT2D eigenvalue weighted by molar-refractivity contribution is 5.95. The van der Waals surface area contributed by atoms with Crippen molar-refractivity contribution in [1.82, 2.24) is 5.32 Å². The van der Waals surface area contributed by atoms with Gasteiger partial charge in [-0.15, -0.1) is 0 Å². The number of nitrogens with one attached hydrogen (secondary N) is 2. The first-order valence-corrected chi connectivity index (χ1v) is 5.17. The number of carbonyl (C=O) groups is 1. The van der Waals surface area contributed by atoms with Gasteiger partial charge in [-0.2, -0.15) is 13.2 Å². The van der Waals surface area contributed by atoms with Gasteiger partial charge in [-0.05, 0) is 30.2 Å². The first-order chi connectivity index (χ1) is 7.96. The molecule has 0 atom stereocenters. The highest BCUT2D eigenvalue weighted by Crippen LogP contribution is 2.23. The lowest BCUT2D eigenvalue weighted by Crippen LogP contribution is -2.33. The predicted octanol–water partition coefficient (Wildman–Crippen LogP) is 1.95. The second-order valence-electron chi connectivity index (χ2n) is 3.85. The van der Waals surface area contributed by atoms with Crippen molar-refractivity contribution >= 4 is 11.6 Å². The standard InChI is InChI=1S/C11H11F3N2O/c12-11(13,14)6-16-10(17)8-1-2-9-7(5-8)3-4-15-9/h1-2,5,15H,3-4,6H2,(H,16,17). The maximum Gasteiger partial charge on any atom is 0.405 e. The molecule has 0 fully saturated rings. The minimum Gasteiger partial charge on any atom is -0.384 e. The molecule has 0 saturated carbocycles. The van der Waals surface area contributed by atoms with Crippen LogP contribution in [0.25, 0.3) is 0 Å². The summed E-state index contributed by atoms with van der Waals surface area (Å²) in [6.07, 6.45) is -3.59. The topological polar surface area (TPSA) is 41.1 Å². The van der Waals surface area contributed by atoms with Gasteiger partial charge in [-0.1, -0.05) is 0 Å². The minimum atomic E-state index is -4.38. The summed E-state index contributed by atoms with van der Waals surface area (Å²) in [5.41, 5.74) is 2.17. The minimum absolute atomic E-state index is 0.261. The summed E-state index contributed by atoms with van der Waals surface area (Å²) in [5.74, 6) is -0.697. The molecule has 0 radical (unpaired) electrons. The quantitative estimate of drug-likeness (QED) is 0.834. The molecule has 1 aromatic carbocycles. The molecule has 0 aromatic heterocycles. The van der Waals surface area contributed by atoms with Crippen LogP contribution in [-0.4, -0.2) is 25.2 Å². The van der Waals surface area contributed by atoms with Crippen molar-refractivity contribution in [2.75, 3.05) is 18.4 Å². The van der Waals surface area contributed by atoms with Crippen LogP contribution in [-0.2, 0) is 6.42 Å². The summed E-state index contributed by atoms with van der Waals surface area (Å²) >= 11 is 0. The molecule has 6 heteroatoms. The zero-order valence-corrected chi connectivity index (χ0v) is 8.90. The van der Waals surface area contributed by atoms with Crippen molar-refractivity contribution in [1.29, 1.82) is 0 Å². The van der Waals surface area contributed by atoms with Gasteiger partial charge in [0.05, 0.1) is 0 Å². The van der Waals surface area contributed by atoms with Crippen molar-refractivity contribution < 1.29 is 18.0 Å². The fourth-order valence-corrected chi connectivity index (χ4v) is 1.73. The molecule has 1 amide bonds. The van der Waals surface area contributed by atoms with E-state index in [-0.39, 0.29) is 5.56 Å². The Labute approximate surface area is 96.0 Å². The molecule has 92 valence electrons. The number of halogens is 3. The summed E-state index contributed by atoms with van der Waals surface area (Å²) in [7, 11) is 0. The summed E-state index contributed by atoms with van der Waals surface area (Å²) in [6, 6.07) is 4.86. The average molecular weight is 244 g/mol. The number of alkyl halides is 3. The summed E-state index contributed by atoms with van der Waals surface area (Å²) in [5, 5.41) is 4.96. The molecular weight excluding hydrogens is 233 g/mol. The maximum atomic E-state index is 11.9. The number of hydrogen-bond acceptors (Lipinski definition) is 2. The Morgan fingerprint density at radius 1 is 1.41 bits per heavy atom. The summed E-state index contributed by atoms with van der Waals surface area (Å²) < 4.78 is 35.8. The van der Waals surface area contributed by atoms with Gasteiger partial charge in [-0.25, -0.2) is 0 Å². The molecule has 1 aliphatic rings. The Bertz CT molecular complexity index is 443. The van der Waals surface area contributed by atoms with Crippen LogP contribution < -0.4 is 10.6 Å². The third kappa shape index (κ3) is 2.89. The number of fused-ring (bicyclic) bond motifs is 1.